The molecule has 6 saturated heterocycles. The molecule has 118 heavy (non-hydrogen) atoms. The van der Waals surface area contributed by atoms with Crippen LogP contribution in [0.25, 0.3) is 0 Å². The molecule has 0 amide bonds. The number of ketones is 4. The van der Waals surface area contributed by atoms with Gasteiger partial charge >= 0.3 is 34.7 Å². The Hall–Kier alpha value is -4.77. The second-order valence-corrected chi connectivity index (χ2v) is 36.3. The van der Waals surface area contributed by atoms with Gasteiger partial charge in [0.1, 0.15) is 34.9 Å². The van der Waals surface area contributed by atoms with Crippen LogP contribution in [0, 0.1) is 64.4 Å². The van der Waals surface area contributed by atoms with Gasteiger partial charge in [0.2, 0.25) is 8.32 Å². The molecule has 0 radical (unpaired) electrons. The first-order valence-electron chi connectivity index (χ1n) is 37.0. The fraction of sp³-hybridized carbons (Fsp3) is 0.716. The van der Waals surface area contributed by atoms with E-state index in [0.717, 1.165) is 109 Å². The summed E-state index contributed by atoms with van der Waals surface area (Å²) in [5, 5.41) is 39.5. The molecule has 0 aromatic heterocycles. The molecule has 672 valence electrons. The van der Waals surface area contributed by atoms with Gasteiger partial charge in [-0.15, -0.1) is 46.4 Å². The number of nitrogens with zero attached hydrogens (tertiary/aromatic N) is 1. The second kappa shape index (κ2) is 49.1. The molecule has 15 aliphatic rings. The van der Waals surface area contributed by atoms with Gasteiger partial charge in [-0.1, -0.05) is 7.43 Å². The van der Waals surface area contributed by atoms with Gasteiger partial charge in [-0.2, -0.15) is 26.9 Å². The van der Waals surface area contributed by atoms with Crippen LogP contribution in [0.1, 0.15) is 131 Å². The first-order valence-corrected chi connectivity index (χ1v) is 44.0. The van der Waals surface area contributed by atoms with Gasteiger partial charge in [-0.25, -0.2) is 13.6 Å². The molecule has 7 unspecified atom stereocenters. The summed E-state index contributed by atoms with van der Waals surface area (Å²) in [7, 11) is -6.94. The average molecular weight is 1900 g/mol. The van der Waals surface area contributed by atoms with Crippen LogP contribution in [0.3, 0.4) is 0 Å². The predicted molar refractivity (Wildman–Crippen MR) is 409 cm³/mol. The van der Waals surface area contributed by atoms with Crippen LogP contribution in [-0.2, 0) is 144 Å². The van der Waals surface area contributed by atoms with Crippen molar-refractivity contribution in [1.29, 1.82) is 5.26 Å². The fourth-order valence-corrected chi connectivity index (χ4v) is 15.9. The number of Topliss-reactive ketones (excluding diaryl/α,β-unsaturated/α-hetero) is 3. The van der Waals surface area contributed by atoms with E-state index in [1.165, 1.54) is 14.0 Å². The van der Waals surface area contributed by atoms with E-state index < -0.39 is 107 Å². The average Bonchev–Trinajstić information content (AvgIpc) is 1.60. The number of alkyl halides is 7. The Morgan fingerprint density at radius 2 is 1.08 bits per heavy atom. The molecule has 6 saturated carbocycles. The summed E-state index contributed by atoms with van der Waals surface area (Å²) in [5.41, 5.74) is -6.34. The number of allylic oxidation sites excluding steroid dienone is 3. The molecule has 7 atom stereocenters. The standard InChI is InChI=1S/C12H13F3O7S.C11H14O5.C11H20O3Si.C9H12O3.C8H12O3.C8H10O3.C6H5BF2O2.C2H3N.2C2H4O2.2CH2Cl2.CH4.Pd/c1-19-10(16)7-5-11(20-2-3-21-11)8-4-6(8)9(7)22-23(17,18)12(13,14)15;1-14-10(13)7-5-11(15-2-3-16-11)8-4-6(8)9(7)12;1-15(2,3)14-10-4-6-11(7-5-10)12-8-9-13-11;10-8-1-2-9(7-5-6(7)8)11-3-4-12-9;2*9-7-1-3-8(4-2-7)10-5-6-11-8;8-4-1-2-6(9)5(3-4)7(10)11;1-2-3;2*1-2(3)4;2*2-1-3;;/h6,8H,2-5H2,1H3;6-8H,2-5H2,1H3;4H,5-9H2,1-3H3;6-7H,1-5H2;1-6H2;1,3H,2,4-6H2;1-3,10-11H;1H3;2*1H3,(H,3,4);2*1H2;1H4;. The van der Waals surface area contributed by atoms with Gasteiger partial charge in [-0.3, -0.25) is 33.6 Å². The van der Waals surface area contributed by atoms with Crippen LogP contribution in [0.5, 0.6) is 0 Å². The van der Waals surface area contributed by atoms with Crippen molar-refractivity contribution in [3.63, 3.8) is 0 Å². The number of carbonyl (C=O) groups excluding carboxylic acids is 6. The maximum Gasteiger partial charge on any atom is 0.534 e. The van der Waals surface area contributed by atoms with Crippen molar-refractivity contribution < 1.29 is 184 Å². The number of benzene rings is 1. The number of hydrogen-bond donors (Lipinski definition) is 4. The van der Waals surface area contributed by atoms with Gasteiger partial charge in [0, 0.05) is 166 Å². The third-order valence-corrected chi connectivity index (χ3v) is 21.3. The summed E-state index contributed by atoms with van der Waals surface area (Å²) in [6.45, 7) is 17.4. The van der Waals surface area contributed by atoms with E-state index in [9.17, 15) is 59.1 Å². The smallest absolute Gasteiger partial charge is 0.534 e. The summed E-state index contributed by atoms with van der Waals surface area (Å²) in [6.07, 6.45) is 15.7. The Morgan fingerprint density at radius 1 is 0.644 bits per heavy atom. The van der Waals surface area contributed by atoms with E-state index in [4.69, 9.17) is 143 Å². The molecule has 31 nitrogen and oxygen atoms in total. The Labute approximate surface area is 717 Å². The second-order valence-electron chi connectivity index (χ2n) is 28.7. The Morgan fingerprint density at radius 3 is 1.53 bits per heavy atom. The molecule has 44 heteroatoms. The van der Waals surface area contributed by atoms with Gasteiger partial charge in [0.05, 0.1) is 122 Å². The molecule has 1 aromatic carbocycles. The third-order valence-electron chi connectivity index (χ3n) is 19.5. The van der Waals surface area contributed by atoms with Gasteiger partial charge in [-0.05, 0) is 75.3 Å². The number of nitriles is 1. The third kappa shape index (κ3) is 32.1. The van der Waals surface area contributed by atoms with E-state index in [1.807, 2.05) is 0 Å². The number of fused-ring (bicyclic) bond motifs is 6. The number of carboxylic acids is 2. The molecular formula is C74H105BCl4F5NO30PdSSi. The van der Waals surface area contributed by atoms with Gasteiger partial charge in [0.25, 0.3) is 11.9 Å². The molecule has 12 fully saturated rings. The van der Waals surface area contributed by atoms with E-state index in [1.54, 1.807) is 18.2 Å². The maximum absolute atomic E-state index is 12.5. The quantitative estimate of drug-likeness (QED) is 0.0375. The number of rotatable bonds is 7. The first kappa shape index (κ1) is 107. The Bertz CT molecular complexity index is 3700. The van der Waals surface area contributed by atoms with Crippen molar-refractivity contribution in [1.82, 2.24) is 0 Å². The molecule has 0 bridgehead atoms. The summed E-state index contributed by atoms with van der Waals surface area (Å²) in [4.78, 5) is 86.3. The summed E-state index contributed by atoms with van der Waals surface area (Å²) in [6, 6.07) is 4.23. The summed E-state index contributed by atoms with van der Waals surface area (Å²) < 4.78 is 171. The topological polar surface area (TPSA) is 423 Å². The zero-order valence-corrected chi connectivity index (χ0v) is 72.2. The minimum atomic E-state index is -5.86. The molecular weight excluding hydrogens is 1800 g/mol. The molecule has 4 N–H and O–H groups in total. The number of carbonyl (C=O) groups is 8. The van der Waals surface area contributed by atoms with Crippen molar-refractivity contribution in [2.45, 2.75) is 191 Å². The largest absolute Gasteiger partial charge is 0.548 e. The molecule has 6 heterocycles. The molecule has 6 spiro atoms. The fourth-order valence-electron chi connectivity index (χ4n) is 14.3. The zero-order chi connectivity index (χ0) is 86.7. The van der Waals surface area contributed by atoms with E-state index in [0.29, 0.717) is 115 Å². The van der Waals surface area contributed by atoms with E-state index in [2.05, 4.69) is 39.4 Å². The van der Waals surface area contributed by atoms with Crippen molar-refractivity contribution in [2.75, 3.05) is 104 Å². The van der Waals surface area contributed by atoms with Crippen molar-refractivity contribution in [3.05, 3.63) is 65.2 Å². The van der Waals surface area contributed by atoms with Crippen LogP contribution in [0.2, 0.25) is 19.6 Å². The van der Waals surface area contributed by atoms with Crippen molar-refractivity contribution in [3.8, 4) is 6.07 Å². The molecule has 6 aliphatic heterocycles. The Balaban J connectivity index is 0.000000348. The molecule has 1 aromatic rings. The van der Waals surface area contributed by atoms with Crippen LogP contribution in [-0.4, -0.2) is 236 Å². The van der Waals surface area contributed by atoms with E-state index in [-0.39, 0.29) is 116 Å². The van der Waals surface area contributed by atoms with Gasteiger partial charge in [0.15, 0.2) is 46.3 Å². The number of carboxylic acid groups (broad SMARTS) is 2. The predicted octanol–water partition coefficient (Wildman–Crippen LogP) is 9.92. The molecule has 9 aliphatic carbocycles. The van der Waals surface area contributed by atoms with Crippen LogP contribution < -0.4 is 5.46 Å². The number of methoxy groups -OCH3 is 2. The van der Waals surface area contributed by atoms with Crippen LogP contribution >= 0.6 is 46.4 Å². The minimum absolute atomic E-state index is 0. The van der Waals surface area contributed by atoms with Crippen LogP contribution in [0.15, 0.2) is 53.5 Å². The first-order chi connectivity index (χ1) is 54.5. The van der Waals surface area contributed by atoms with Crippen LogP contribution in [0.4, 0.5) is 22.0 Å². The van der Waals surface area contributed by atoms with Crippen molar-refractivity contribution >= 4 is 124 Å². The Kier molecular flexibility index (Phi) is 44.7. The summed E-state index contributed by atoms with van der Waals surface area (Å²) >= 11 is 19.1. The zero-order valence-electron chi connectivity index (χ0n) is 65.8. The van der Waals surface area contributed by atoms with E-state index >= 15 is 0 Å². The number of halogens is 9. The van der Waals surface area contributed by atoms with Crippen molar-refractivity contribution in [2.24, 2.45) is 41.4 Å². The summed E-state index contributed by atoms with van der Waals surface area (Å²) in [5.74, 6) is -7.44. The minimum Gasteiger partial charge on any atom is -0.548 e. The number of esters is 2. The molecule has 16 rings (SSSR count). The number of ether oxygens (including phenoxy) is 14. The SMILES string of the molecule is C.CC#N.CC(=O)O.CC(=O)O.COC(=O)C1=C(OS(=O)(=O)C(F)(F)F)C2CC2C2(C1)OCCO2.COC(=O)C1CC2(OCCO2)C2CC2C1=O.C[Si](C)(C)OC1=CCC2(CC1)OCCO2.ClCCl.ClCCl.O=C1C=CC2(CC1)OCCO2.O=C1CCC2(CC1)OCCO2.O=C1CCC2(OCCO2)C2CC12.OB(O)c1cc(F)ccc1F.[Pd]. The number of hydrogen-bond acceptors (Lipinski definition) is 29. The normalized spacial score (nSPS) is 25.8. The monoisotopic (exact) mass is 1900 g/mol. The number of aliphatic carboxylic acids is 2. The van der Waals surface area contributed by atoms with Gasteiger partial charge < -0.3 is 95.2 Å². The maximum atomic E-state index is 12.5.